The van der Waals surface area contributed by atoms with E-state index in [1.54, 1.807) is 6.26 Å². The lowest BCUT2D eigenvalue weighted by Crippen LogP contribution is -2.08. The molecule has 6 heteroatoms. The first-order valence-electron chi connectivity index (χ1n) is 4.15. The molecule has 0 aliphatic carbocycles. The van der Waals surface area contributed by atoms with E-state index in [-0.39, 0.29) is 5.25 Å². The minimum atomic E-state index is 0.0814. The van der Waals surface area contributed by atoms with Gasteiger partial charge in [-0.15, -0.1) is 0 Å². The van der Waals surface area contributed by atoms with Crippen LogP contribution in [0.5, 0.6) is 0 Å². The molecule has 2 aromatic heterocycles. The van der Waals surface area contributed by atoms with Gasteiger partial charge in [-0.25, -0.2) is 4.98 Å². The monoisotopic (exact) mass is 210 g/mol. The topological polar surface area (TPSA) is 80.7 Å². The third-order valence-electron chi connectivity index (χ3n) is 1.72. The lowest BCUT2D eigenvalue weighted by molar-refractivity contribution is 0.507. The lowest BCUT2D eigenvalue weighted by atomic mass is 10.3. The Balaban J connectivity index is 2.08. The standard InChI is InChI=1S/C8H10N4OS/c9-4-7(6-2-1-3-13-6)14-8-10-5-11-12-8/h1-3,5,7H,4,9H2,(H,10,11,12). The van der Waals surface area contributed by atoms with Crippen molar-refractivity contribution in [2.45, 2.75) is 10.4 Å². The lowest BCUT2D eigenvalue weighted by Gasteiger charge is -2.08. The van der Waals surface area contributed by atoms with Crippen molar-refractivity contribution in [2.24, 2.45) is 5.73 Å². The summed E-state index contributed by atoms with van der Waals surface area (Å²) in [7, 11) is 0. The molecule has 0 aliphatic heterocycles. The zero-order valence-electron chi connectivity index (χ0n) is 7.38. The molecule has 0 amide bonds. The van der Waals surface area contributed by atoms with Crippen LogP contribution >= 0.6 is 11.8 Å². The van der Waals surface area contributed by atoms with E-state index in [4.69, 9.17) is 10.2 Å². The van der Waals surface area contributed by atoms with Crippen LogP contribution < -0.4 is 5.73 Å². The Labute approximate surface area is 85.1 Å². The molecule has 0 spiro atoms. The van der Waals surface area contributed by atoms with Crippen molar-refractivity contribution in [3.8, 4) is 0 Å². The van der Waals surface area contributed by atoms with E-state index in [0.717, 1.165) is 10.9 Å². The highest BCUT2D eigenvalue weighted by atomic mass is 32.2. The average molecular weight is 210 g/mol. The first kappa shape index (κ1) is 9.29. The van der Waals surface area contributed by atoms with Crippen LogP contribution in [-0.4, -0.2) is 21.7 Å². The number of aromatic amines is 1. The Morgan fingerprint density at radius 3 is 3.14 bits per heavy atom. The van der Waals surface area contributed by atoms with Crippen molar-refractivity contribution in [3.63, 3.8) is 0 Å². The van der Waals surface area contributed by atoms with Gasteiger partial charge in [0.2, 0.25) is 0 Å². The molecule has 2 aromatic rings. The van der Waals surface area contributed by atoms with E-state index in [0.29, 0.717) is 6.54 Å². The predicted octanol–water partition coefficient (Wildman–Crippen LogP) is 1.19. The van der Waals surface area contributed by atoms with Gasteiger partial charge >= 0.3 is 0 Å². The molecule has 2 heterocycles. The third-order valence-corrected chi connectivity index (χ3v) is 2.85. The molecule has 0 aromatic carbocycles. The van der Waals surface area contributed by atoms with Crippen molar-refractivity contribution >= 4 is 11.8 Å². The number of aromatic nitrogens is 3. The molecule has 5 nitrogen and oxygen atoms in total. The third kappa shape index (κ3) is 1.97. The molecular weight excluding hydrogens is 200 g/mol. The van der Waals surface area contributed by atoms with Crippen LogP contribution in [0.25, 0.3) is 0 Å². The average Bonchev–Trinajstić information content (AvgIpc) is 2.86. The summed E-state index contributed by atoms with van der Waals surface area (Å²) in [5.74, 6) is 0.855. The maximum absolute atomic E-state index is 5.64. The second-order valence-corrected chi connectivity index (χ2v) is 3.84. The van der Waals surface area contributed by atoms with Crippen LogP contribution in [0.2, 0.25) is 0 Å². The number of nitrogens with one attached hydrogen (secondary N) is 1. The van der Waals surface area contributed by atoms with E-state index in [9.17, 15) is 0 Å². The molecule has 0 saturated carbocycles. The summed E-state index contributed by atoms with van der Waals surface area (Å²) in [6.45, 7) is 0.499. The highest BCUT2D eigenvalue weighted by Gasteiger charge is 2.15. The second kappa shape index (κ2) is 4.30. The van der Waals surface area contributed by atoms with Gasteiger partial charge in [0.15, 0.2) is 5.16 Å². The van der Waals surface area contributed by atoms with Crippen LogP contribution in [0.1, 0.15) is 11.0 Å². The number of H-pyrrole nitrogens is 1. The van der Waals surface area contributed by atoms with Gasteiger partial charge in [0.05, 0.1) is 11.5 Å². The number of furan rings is 1. The number of nitrogens with two attached hydrogens (primary N) is 1. The van der Waals surface area contributed by atoms with Crippen molar-refractivity contribution in [2.75, 3.05) is 6.54 Å². The van der Waals surface area contributed by atoms with Crippen molar-refractivity contribution < 1.29 is 4.42 Å². The van der Waals surface area contributed by atoms with Gasteiger partial charge in [-0.1, -0.05) is 11.8 Å². The number of rotatable bonds is 4. The van der Waals surface area contributed by atoms with Crippen molar-refractivity contribution in [3.05, 3.63) is 30.5 Å². The number of nitrogens with zero attached hydrogens (tertiary/aromatic N) is 2. The Morgan fingerprint density at radius 1 is 1.64 bits per heavy atom. The second-order valence-electron chi connectivity index (χ2n) is 2.65. The molecule has 74 valence electrons. The molecule has 2 rings (SSSR count). The molecule has 0 bridgehead atoms. The van der Waals surface area contributed by atoms with E-state index in [1.807, 2.05) is 12.1 Å². The molecular formula is C8H10N4OS. The quantitative estimate of drug-likeness (QED) is 0.741. The normalized spacial score (nSPS) is 12.9. The van der Waals surface area contributed by atoms with Gasteiger partial charge in [-0.3, -0.25) is 5.10 Å². The van der Waals surface area contributed by atoms with Gasteiger partial charge in [-0.05, 0) is 12.1 Å². The zero-order valence-corrected chi connectivity index (χ0v) is 8.20. The molecule has 0 aliphatic rings. The molecule has 3 N–H and O–H groups in total. The molecule has 0 radical (unpaired) electrons. The first-order valence-corrected chi connectivity index (χ1v) is 5.03. The van der Waals surface area contributed by atoms with Gasteiger partial charge in [0, 0.05) is 6.54 Å². The van der Waals surface area contributed by atoms with E-state index >= 15 is 0 Å². The minimum absolute atomic E-state index is 0.0814. The highest BCUT2D eigenvalue weighted by Crippen LogP contribution is 2.31. The Kier molecular flexibility index (Phi) is 2.85. The van der Waals surface area contributed by atoms with Crippen molar-refractivity contribution in [1.29, 1.82) is 0 Å². The Hall–Kier alpha value is -1.27. The van der Waals surface area contributed by atoms with Gasteiger partial charge < -0.3 is 10.2 Å². The van der Waals surface area contributed by atoms with Crippen LogP contribution in [0.15, 0.2) is 34.3 Å². The van der Waals surface area contributed by atoms with Gasteiger partial charge in [0.25, 0.3) is 0 Å². The SMILES string of the molecule is NCC(Sc1ncn[nH]1)c1ccco1. The Morgan fingerprint density at radius 2 is 2.57 bits per heavy atom. The van der Waals surface area contributed by atoms with Gasteiger partial charge in [0.1, 0.15) is 12.1 Å². The van der Waals surface area contributed by atoms with Crippen LogP contribution in [0, 0.1) is 0 Å². The number of hydrogen-bond donors (Lipinski definition) is 2. The van der Waals surface area contributed by atoms with E-state index in [1.165, 1.54) is 18.1 Å². The maximum atomic E-state index is 5.64. The van der Waals surface area contributed by atoms with Crippen molar-refractivity contribution in [1.82, 2.24) is 15.2 Å². The predicted molar refractivity (Wildman–Crippen MR) is 52.7 cm³/mol. The van der Waals surface area contributed by atoms with Crippen LogP contribution in [0.4, 0.5) is 0 Å². The van der Waals surface area contributed by atoms with E-state index in [2.05, 4.69) is 15.2 Å². The number of thioether (sulfide) groups is 1. The largest absolute Gasteiger partial charge is 0.468 e. The molecule has 0 fully saturated rings. The van der Waals surface area contributed by atoms with Gasteiger partial charge in [-0.2, -0.15) is 5.10 Å². The summed E-state index contributed by atoms with van der Waals surface area (Å²) in [5, 5.41) is 7.36. The zero-order chi connectivity index (χ0) is 9.80. The molecule has 14 heavy (non-hydrogen) atoms. The minimum Gasteiger partial charge on any atom is -0.468 e. The number of hydrogen-bond acceptors (Lipinski definition) is 5. The summed E-state index contributed by atoms with van der Waals surface area (Å²) in [5.41, 5.74) is 5.64. The molecule has 1 unspecified atom stereocenters. The molecule has 1 atom stereocenters. The summed E-state index contributed by atoms with van der Waals surface area (Å²) in [4.78, 5) is 4.01. The smallest absolute Gasteiger partial charge is 0.184 e. The van der Waals surface area contributed by atoms with Crippen LogP contribution in [0.3, 0.4) is 0 Å². The summed E-state index contributed by atoms with van der Waals surface area (Å²) >= 11 is 1.51. The summed E-state index contributed by atoms with van der Waals surface area (Å²) in [6, 6.07) is 3.75. The highest BCUT2D eigenvalue weighted by molar-refractivity contribution is 7.99. The maximum Gasteiger partial charge on any atom is 0.184 e. The summed E-state index contributed by atoms with van der Waals surface area (Å²) < 4.78 is 5.27. The Bertz CT molecular complexity index is 359. The van der Waals surface area contributed by atoms with Crippen LogP contribution in [-0.2, 0) is 0 Å². The fourth-order valence-electron chi connectivity index (χ4n) is 1.08. The van der Waals surface area contributed by atoms with E-state index < -0.39 is 0 Å². The molecule has 0 saturated heterocycles. The first-order chi connectivity index (χ1) is 6.90. The fourth-order valence-corrected chi connectivity index (χ4v) is 1.91. The fraction of sp³-hybridized carbons (Fsp3) is 0.250. The summed E-state index contributed by atoms with van der Waals surface area (Å²) in [6.07, 6.45) is 3.11.